The van der Waals surface area contributed by atoms with E-state index in [-0.39, 0.29) is 43.1 Å². The second kappa shape index (κ2) is 20.8. The first-order valence-electron chi connectivity index (χ1n) is 20.7. The van der Waals surface area contributed by atoms with Gasteiger partial charge in [0, 0.05) is 0 Å². The SMILES string of the molecule is CC(C)(C)[Si](OCC1COC(C(F)(F)CO)CO1)(c1ccccc1)c1ccccc1.COC(=O)C(F)(F)C1COC(CO[Si](c2ccccc2)(c2ccccc2)C(C)(C)C)CO1. The molecule has 4 unspecified atom stereocenters. The smallest absolute Gasteiger partial charge is 0.379 e. The second-order valence-corrected chi connectivity index (χ2v) is 26.1. The lowest BCUT2D eigenvalue weighted by Gasteiger charge is -2.44. The van der Waals surface area contributed by atoms with Gasteiger partial charge in [-0.2, -0.15) is 8.78 Å². The van der Waals surface area contributed by atoms with Crippen LogP contribution >= 0.6 is 0 Å². The number of aliphatic hydroxyl groups excluding tert-OH is 1. The minimum atomic E-state index is -3.77. The molecule has 0 bridgehead atoms. The molecular formula is C47H60F4O9Si2. The number of esters is 1. The summed E-state index contributed by atoms with van der Waals surface area (Å²) in [6, 6.07) is 40.6. The van der Waals surface area contributed by atoms with Gasteiger partial charge in [-0.1, -0.05) is 163 Å². The van der Waals surface area contributed by atoms with Gasteiger partial charge in [-0.25, -0.2) is 13.6 Å². The fourth-order valence-electron chi connectivity index (χ4n) is 8.06. The normalized spacial score (nSPS) is 20.5. The number of ether oxygens (including phenoxy) is 5. The quantitative estimate of drug-likeness (QED) is 0.0911. The third-order valence-corrected chi connectivity index (χ3v) is 21.3. The molecule has 2 aliphatic rings. The van der Waals surface area contributed by atoms with Crippen LogP contribution in [-0.4, -0.2) is 117 Å². The number of methoxy groups -OCH3 is 1. The number of hydrogen-bond acceptors (Lipinski definition) is 9. The predicted octanol–water partition coefficient (Wildman–Crippen LogP) is 6.13. The number of carbonyl (C=O) groups is 1. The molecule has 338 valence electrons. The van der Waals surface area contributed by atoms with Crippen molar-refractivity contribution in [3.63, 3.8) is 0 Å². The lowest BCUT2D eigenvalue weighted by atomic mass is 10.2. The largest absolute Gasteiger partial charge is 0.465 e. The van der Waals surface area contributed by atoms with Crippen LogP contribution in [0.1, 0.15) is 41.5 Å². The summed E-state index contributed by atoms with van der Waals surface area (Å²) in [5.41, 5.74) is 0. The summed E-state index contributed by atoms with van der Waals surface area (Å²) in [7, 11) is -4.57. The van der Waals surface area contributed by atoms with E-state index in [2.05, 4.69) is 94.8 Å². The van der Waals surface area contributed by atoms with Crippen molar-refractivity contribution in [2.45, 2.75) is 87.9 Å². The van der Waals surface area contributed by atoms with E-state index < -0.39 is 72.1 Å². The summed E-state index contributed by atoms with van der Waals surface area (Å²) in [4.78, 5) is 11.4. The van der Waals surface area contributed by atoms with Crippen LogP contribution < -0.4 is 20.7 Å². The van der Waals surface area contributed by atoms with Gasteiger partial charge in [0.05, 0.1) is 46.8 Å². The summed E-state index contributed by atoms with van der Waals surface area (Å²) in [5.74, 6) is -8.71. The highest BCUT2D eigenvalue weighted by Gasteiger charge is 2.54. The Kier molecular flexibility index (Phi) is 16.5. The lowest BCUT2D eigenvalue weighted by Crippen LogP contribution is -2.67. The van der Waals surface area contributed by atoms with E-state index in [0.29, 0.717) is 0 Å². The molecule has 2 saturated heterocycles. The average Bonchev–Trinajstić information content (AvgIpc) is 3.27. The molecule has 6 rings (SSSR count). The molecule has 2 heterocycles. The monoisotopic (exact) mass is 900 g/mol. The highest BCUT2D eigenvalue weighted by molar-refractivity contribution is 7.00. The van der Waals surface area contributed by atoms with Crippen LogP contribution in [-0.2, 0) is 37.3 Å². The van der Waals surface area contributed by atoms with Gasteiger partial charge in [-0.15, -0.1) is 0 Å². The summed E-state index contributed by atoms with van der Waals surface area (Å²) in [5, 5.41) is 13.0. The van der Waals surface area contributed by atoms with Gasteiger partial charge in [0.1, 0.15) is 24.9 Å². The van der Waals surface area contributed by atoms with E-state index >= 15 is 0 Å². The van der Waals surface area contributed by atoms with E-state index in [1.165, 1.54) is 0 Å². The molecule has 4 aromatic carbocycles. The Morgan fingerprint density at radius 2 is 0.887 bits per heavy atom. The first-order chi connectivity index (χ1) is 29.3. The zero-order valence-electron chi connectivity index (χ0n) is 36.5. The third kappa shape index (κ3) is 10.9. The van der Waals surface area contributed by atoms with Crippen molar-refractivity contribution in [2.75, 3.05) is 53.4 Å². The molecule has 0 aliphatic carbocycles. The molecule has 4 aromatic rings. The van der Waals surface area contributed by atoms with Crippen LogP contribution in [0.4, 0.5) is 17.6 Å². The maximum atomic E-state index is 14.1. The molecule has 0 aromatic heterocycles. The molecular weight excluding hydrogens is 841 g/mol. The highest BCUT2D eigenvalue weighted by Crippen LogP contribution is 2.39. The van der Waals surface area contributed by atoms with Gasteiger partial charge in [0.15, 0.2) is 6.10 Å². The van der Waals surface area contributed by atoms with Crippen molar-refractivity contribution in [3.05, 3.63) is 121 Å². The third-order valence-electron chi connectivity index (χ3n) is 11.3. The summed E-state index contributed by atoms with van der Waals surface area (Å²) >= 11 is 0. The lowest BCUT2D eigenvalue weighted by molar-refractivity contribution is -0.229. The Balaban J connectivity index is 0.000000235. The van der Waals surface area contributed by atoms with E-state index in [9.17, 15) is 22.4 Å². The standard InChI is InChI=1S/C24H30F2O5Si.C23H30F2O4Si/c1-23(2,3)32(19-11-7-5-8-12-19,20-13-9-6-10-14-20)31-16-18-15-30-21(17-29-18)24(25,26)22(27)28-4;1-22(2,3)30(19-10-6-4-7-11-19,20-12-8-5-9-13-20)29-15-18-14-28-21(16-27-18)23(24,25)17-26/h5-14,18,21H,15-17H2,1-4H3;4-13,18,21,26H,14-17H2,1-3H3. The molecule has 4 atom stereocenters. The van der Waals surface area contributed by atoms with Crippen LogP contribution in [0.3, 0.4) is 0 Å². The minimum Gasteiger partial charge on any atom is -0.465 e. The van der Waals surface area contributed by atoms with Gasteiger partial charge in [-0.3, -0.25) is 0 Å². The Bertz CT molecular complexity index is 1870. The van der Waals surface area contributed by atoms with Crippen LogP contribution in [0, 0.1) is 0 Å². The number of benzene rings is 4. The number of rotatable bonds is 14. The molecule has 9 nitrogen and oxygen atoms in total. The van der Waals surface area contributed by atoms with Crippen LogP contribution in [0.15, 0.2) is 121 Å². The molecule has 2 aliphatic heterocycles. The molecule has 0 radical (unpaired) electrons. The van der Waals surface area contributed by atoms with Crippen molar-refractivity contribution in [1.82, 2.24) is 0 Å². The Hall–Kier alpha value is -3.78. The van der Waals surface area contributed by atoms with Crippen molar-refractivity contribution in [2.24, 2.45) is 0 Å². The van der Waals surface area contributed by atoms with Crippen molar-refractivity contribution >= 4 is 43.4 Å². The fraction of sp³-hybridized carbons (Fsp3) is 0.468. The van der Waals surface area contributed by atoms with Gasteiger partial charge < -0.3 is 37.6 Å². The zero-order chi connectivity index (χ0) is 45.2. The van der Waals surface area contributed by atoms with Gasteiger partial charge >= 0.3 is 11.9 Å². The number of carbonyl (C=O) groups excluding carboxylic acids is 1. The van der Waals surface area contributed by atoms with Crippen molar-refractivity contribution < 1.29 is 60.0 Å². The first kappa shape index (κ1) is 49.2. The number of hydrogen-bond donors (Lipinski definition) is 1. The number of aliphatic hydroxyl groups is 1. The Morgan fingerprint density at radius 3 is 1.15 bits per heavy atom. The number of halogens is 4. The zero-order valence-corrected chi connectivity index (χ0v) is 38.5. The van der Waals surface area contributed by atoms with Crippen LogP contribution in [0.5, 0.6) is 0 Å². The number of alkyl halides is 4. The molecule has 0 saturated carbocycles. The molecule has 0 amide bonds. The van der Waals surface area contributed by atoms with Crippen LogP contribution in [0.2, 0.25) is 10.1 Å². The van der Waals surface area contributed by atoms with Gasteiger partial charge in [0.25, 0.3) is 22.6 Å². The predicted molar refractivity (Wildman–Crippen MR) is 235 cm³/mol. The first-order valence-corrected chi connectivity index (χ1v) is 24.6. The molecule has 62 heavy (non-hydrogen) atoms. The van der Waals surface area contributed by atoms with E-state index in [1.807, 2.05) is 72.8 Å². The summed E-state index contributed by atoms with van der Waals surface area (Å²) < 4.78 is 95.1. The summed E-state index contributed by atoms with van der Waals surface area (Å²) in [6.45, 7) is 11.4. The fourth-order valence-corrected chi connectivity index (χ4v) is 17.2. The molecule has 15 heteroatoms. The Labute approximate surface area is 364 Å². The average molecular weight is 901 g/mol. The van der Waals surface area contributed by atoms with E-state index in [4.69, 9.17) is 32.9 Å². The van der Waals surface area contributed by atoms with E-state index in [0.717, 1.165) is 27.9 Å². The maximum Gasteiger partial charge on any atom is 0.379 e. The van der Waals surface area contributed by atoms with Gasteiger partial charge in [0.2, 0.25) is 0 Å². The molecule has 2 fully saturated rings. The Morgan fingerprint density at radius 1 is 0.565 bits per heavy atom. The maximum absolute atomic E-state index is 14.1. The van der Waals surface area contributed by atoms with Crippen molar-refractivity contribution in [3.8, 4) is 0 Å². The molecule has 1 N–H and O–H groups in total. The topological polar surface area (TPSA) is 102 Å². The summed E-state index contributed by atoms with van der Waals surface area (Å²) in [6.07, 6.45) is -4.09. The molecule has 0 spiro atoms. The van der Waals surface area contributed by atoms with Gasteiger partial charge in [-0.05, 0) is 30.8 Å². The highest BCUT2D eigenvalue weighted by atomic mass is 28.4. The van der Waals surface area contributed by atoms with Crippen LogP contribution in [0.25, 0.3) is 0 Å². The second-order valence-electron chi connectivity index (χ2n) is 17.5. The van der Waals surface area contributed by atoms with Crippen molar-refractivity contribution in [1.29, 1.82) is 0 Å². The van der Waals surface area contributed by atoms with E-state index in [1.54, 1.807) is 0 Å². The minimum absolute atomic E-state index is 0.00153.